The van der Waals surface area contributed by atoms with Crippen molar-refractivity contribution in [2.45, 2.75) is 45.9 Å². The lowest BCUT2D eigenvalue weighted by atomic mass is 10.0. The van der Waals surface area contributed by atoms with E-state index >= 15 is 0 Å². The maximum atomic E-state index is 12.9. The maximum Gasteiger partial charge on any atom is 0.407 e. The summed E-state index contributed by atoms with van der Waals surface area (Å²) in [6.45, 7) is 7.16. The van der Waals surface area contributed by atoms with E-state index in [4.69, 9.17) is 14.7 Å². The van der Waals surface area contributed by atoms with Crippen LogP contribution in [0.1, 0.15) is 43.1 Å². The van der Waals surface area contributed by atoms with Gasteiger partial charge in [-0.25, -0.2) is 19.7 Å². The number of carbonyl (C=O) groups excluding carboxylic acids is 2. The zero-order chi connectivity index (χ0) is 29.5. The van der Waals surface area contributed by atoms with Gasteiger partial charge in [-0.1, -0.05) is 54.6 Å². The number of aromatic nitrogens is 4. The Balaban J connectivity index is 1.37. The number of alkyl carbamates (subject to hydrolysis) is 1. The molecule has 0 aliphatic carbocycles. The van der Waals surface area contributed by atoms with E-state index in [1.807, 2.05) is 92.2 Å². The highest BCUT2D eigenvalue weighted by Crippen LogP contribution is 2.31. The summed E-state index contributed by atoms with van der Waals surface area (Å²) >= 11 is 0. The Hall–Kier alpha value is -5.05. The molecule has 0 radical (unpaired) electrons. The molecule has 0 spiro atoms. The predicted molar refractivity (Wildman–Crippen MR) is 163 cm³/mol. The summed E-state index contributed by atoms with van der Waals surface area (Å²) in [5.41, 5.74) is 5.50. The standard InChI is InChI=1S/C33H34N6O3/c1-33(2,3)42-32(41)36-21-23-10-12-25(13-11-23)30-29(24-8-5-4-6-9-24)37-27-15-14-26(20-28(27)38-30)31(40)35-16-7-18-39-19-17-34-22-39/h4-6,8-15,17,19-20,22H,7,16,18,21H2,1-3H3,(H,35,40)(H,36,41). The highest BCUT2D eigenvalue weighted by Gasteiger charge is 2.17. The summed E-state index contributed by atoms with van der Waals surface area (Å²) in [5.74, 6) is -0.153. The Labute approximate surface area is 245 Å². The van der Waals surface area contributed by atoms with Crippen LogP contribution >= 0.6 is 0 Å². The number of nitrogens with one attached hydrogen (secondary N) is 2. The van der Waals surface area contributed by atoms with E-state index in [-0.39, 0.29) is 5.91 Å². The lowest BCUT2D eigenvalue weighted by Gasteiger charge is -2.19. The van der Waals surface area contributed by atoms with E-state index in [9.17, 15) is 9.59 Å². The van der Waals surface area contributed by atoms with Gasteiger partial charge in [0.25, 0.3) is 5.91 Å². The lowest BCUT2D eigenvalue weighted by Crippen LogP contribution is -2.32. The molecule has 42 heavy (non-hydrogen) atoms. The third kappa shape index (κ3) is 7.37. The Morgan fingerprint density at radius 1 is 0.857 bits per heavy atom. The van der Waals surface area contributed by atoms with Gasteiger partial charge < -0.3 is 19.9 Å². The van der Waals surface area contributed by atoms with Gasteiger partial charge in [-0.3, -0.25) is 4.79 Å². The summed E-state index contributed by atoms with van der Waals surface area (Å²) < 4.78 is 7.31. The third-order valence-corrected chi connectivity index (χ3v) is 6.47. The topological polar surface area (TPSA) is 111 Å². The van der Waals surface area contributed by atoms with E-state index < -0.39 is 11.7 Å². The van der Waals surface area contributed by atoms with Gasteiger partial charge in [0.15, 0.2) is 0 Å². The second kappa shape index (κ2) is 12.6. The highest BCUT2D eigenvalue weighted by molar-refractivity contribution is 5.98. The van der Waals surface area contributed by atoms with E-state index in [0.717, 1.165) is 35.3 Å². The minimum Gasteiger partial charge on any atom is -0.444 e. The molecule has 0 atom stereocenters. The fraction of sp³-hybridized carbons (Fsp3) is 0.242. The molecule has 5 rings (SSSR count). The summed E-state index contributed by atoms with van der Waals surface area (Å²) in [7, 11) is 0. The maximum absolute atomic E-state index is 12.9. The van der Waals surface area contributed by atoms with Crippen molar-refractivity contribution in [3.63, 3.8) is 0 Å². The molecule has 0 bridgehead atoms. The molecule has 2 aromatic heterocycles. The van der Waals surface area contributed by atoms with Gasteiger partial charge in [0, 0.05) is 48.7 Å². The lowest BCUT2D eigenvalue weighted by molar-refractivity contribution is 0.0523. The number of hydrogen-bond donors (Lipinski definition) is 2. The highest BCUT2D eigenvalue weighted by atomic mass is 16.6. The number of aryl methyl sites for hydroxylation is 1. The molecule has 0 aliphatic rings. The number of rotatable bonds is 9. The van der Waals surface area contributed by atoms with Crippen molar-refractivity contribution >= 4 is 23.0 Å². The number of amides is 2. The number of fused-ring (bicyclic) bond motifs is 1. The summed E-state index contributed by atoms with van der Waals surface area (Å²) in [5, 5.41) is 5.78. The predicted octanol–water partition coefficient (Wildman–Crippen LogP) is 6.01. The van der Waals surface area contributed by atoms with Crippen LogP contribution in [0.4, 0.5) is 4.79 Å². The third-order valence-electron chi connectivity index (χ3n) is 6.47. The number of benzene rings is 3. The van der Waals surface area contributed by atoms with Crippen molar-refractivity contribution in [3.05, 3.63) is 103 Å². The van der Waals surface area contributed by atoms with E-state index in [2.05, 4.69) is 15.6 Å². The Morgan fingerprint density at radius 3 is 2.26 bits per heavy atom. The molecule has 0 saturated heterocycles. The van der Waals surface area contributed by atoms with Gasteiger partial charge in [0.2, 0.25) is 0 Å². The number of carbonyl (C=O) groups is 2. The van der Waals surface area contributed by atoms with Gasteiger partial charge in [-0.2, -0.15) is 0 Å². The summed E-state index contributed by atoms with van der Waals surface area (Å²) in [6.07, 6.45) is 5.74. The van der Waals surface area contributed by atoms with Crippen molar-refractivity contribution in [2.24, 2.45) is 0 Å². The molecular weight excluding hydrogens is 528 g/mol. The molecule has 0 aliphatic heterocycles. The van der Waals surface area contributed by atoms with Crippen molar-refractivity contribution in [3.8, 4) is 22.5 Å². The smallest absolute Gasteiger partial charge is 0.407 e. The summed E-state index contributed by atoms with van der Waals surface area (Å²) in [6, 6.07) is 23.1. The first-order valence-corrected chi connectivity index (χ1v) is 13.9. The zero-order valence-corrected chi connectivity index (χ0v) is 24.0. The molecule has 5 aromatic rings. The molecule has 9 nitrogen and oxygen atoms in total. The molecule has 2 heterocycles. The molecular formula is C33H34N6O3. The van der Waals surface area contributed by atoms with Gasteiger partial charge in [-0.05, 0) is 51.0 Å². The monoisotopic (exact) mass is 562 g/mol. The summed E-state index contributed by atoms with van der Waals surface area (Å²) in [4.78, 5) is 39.0. The average molecular weight is 563 g/mol. The van der Waals surface area contributed by atoms with Crippen LogP contribution < -0.4 is 10.6 Å². The number of imidazole rings is 1. The fourth-order valence-electron chi connectivity index (χ4n) is 4.45. The molecule has 0 fully saturated rings. The zero-order valence-electron chi connectivity index (χ0n) is 24.0. The first kappa shape index (κ1) is 28.5. The molecule has 9 heteroatoms. The van der Waals surface area contributed by atoms with Gasteiger partial charge >= 0.3 is 6.09 Å². The van der Waals surface area contributed by atoms with Crippen LogP contribution in [-0.4, -0.2) is 43.7 Å². The van der Waals surface area contributed by atoms with Crippen molar-refractivity contribution < 1.29 is 14.3 Å². The Kier molecular flexibility index (Phi) is 8.57. The number of hydrogen-bond acceptors (Lipinski definition) is 6. The molecule has 2 N–H and O–H groups in total. The molecule has 2 amide bonds. The van der Waals surface area contributed by atoms with Crippen molar-refractivity contribution in [2.75, 3.05) is 6.54 Å². The molecule has 214 valence electrons. The Morgan fingerprint density at radius 2 is 1.57 bits per heavy atom. The number of nitrogens with zero attached hydrogens (tertiary/aromatic N) is 4. The van der Waals surface area contributed by atoms with Crippen LogP contribution in [0, 0.1) is 0 Å². The number of ether oxygens (including phenoxy) is 1. The molecule has 3 aromatic carbocycles. The van der Waals surface area contributed by atoms with E-state index in [0.29, 0.717) is 35.4 Å². The van der Waals surface area contributed by atoms with Crippen LogP contribution in [-0.2, 0) is 17.8 Å². The Bertz CT molecular complexity index is 1660. The van der Waals surface area contributed by atoms with Crippen LogP contribution in [0.25, 0.3) is 33.5 Å². The van der Waals surface area contributed by atoms with E-state index in [1.54, 1.807) is 24.7 Å². The first-order valence-electron chi connectivity index (χ1n) is 13.9. The van der Waals surface area contributed by atoms with Crippen LogP contribution in [0.5, 0.6) is 0 Å². The second-order valence-corrected chi connectivity index (χ2v) is 11.0. The van der Waals surface area contributed by atoms with Crippen LogP contribution in [0.15, 0.2) is 91.5 Å². The minimum absolute atomic E-state index is 0.153. The minimum atomic E-state index is -0.558. The van der Waals surface area contributed by atoms with Gasteiger partial charge in [-0.15, -0.1) is 0 Å². The van der Waals surface area contributed by atoms with E-state index in [1.165, 1.54) is 0 Å². The SMILES string of the molecule is CC(C)(C)OC(=O)NCc1ccc(-c2nc3cc(C(=O)NCCCn4ccnc4)ccc3nc2-c2ccccc2)cc1. The quantitative estimate of drug-likeness (QED) is 0.213. The van der Waals surface area contributed by atoms with Crippen LogP contribution in [0.3, 0.4) is 0 Å². The van der Waals surface area contributed by atoms with Gasteiger partial charge in [0.1, 0.15) is 5.60 Å². The molecule has 0 saturated carbocycles. The van der Waals surface area contributed by atoms with Crippen molar-refractivity contribution in [1.29, 1.82) is 0 Å². The first-order chi connectivity index (χ1) is 20.2. The largest absolute Gasteiger partial charge is 0.444 e. The fourth-order valence-corrected chi connectivity index (χ4v) is 4.45. The normalized spacial score (nSPS) is 11.3. The van der Waals surface area contributed by atoms with Gasteiger partial charge in [0.05, 0.1) is 28.7 Å². The van der Waals surface area contributed by atoms with Crippen LogP contribution in [0.2, 0.25) is 0 Å². The second-order valence-electron chi connectivity index (χ2n) is 11.0. The molecule has 0 unspecified atom stereocenters. The average Bonchev–Trinajstić information content (AvgIpc) is 3.51. The van der Waals surface area contributed by atoms with Crippen molar-refractivity contribution in [1.82, 2.24) is 30.2 Å².